The second-order valence-electron chi connectivity index (χ2n) is 3.85. The number of alkyl halides is 5. The molecular weight excluding hydrogens is 302 g/mol. The maximum absolute atomic E-state index is 13.7. The highest BCUT2D eigenvalue weighted by molar-refractivity contribution is 5.57. The lowest BCUT2D eigenvalue weighted by Gasteiger charge is -2.26. The van der Waals surface area contributed by atoms with Gasteiger partial charge in [0.15, 0.2) is 0 Å². The molecule has 0 saturated carbocycles. The van der Waals surface area contributed by atoms with Crippen LogP contribution in [0.25, 0.3) is 0 Å². The Morgan fingerprint density at radius 3 is 2.40 bits per heavy atom. The van der Waals surface area contributed by atoms with E-state index < -0.39 is 43.8 Å². The molecule has 0 aromatic heterocycles. The van der Waals surface area contributed by atoms with Crippen LogP contribution in [0.1, 0.15) is 13.3 Å². The third-order valence-corrected chi connectivity index (χ3v) is 2.25. The highest BCUT2D eigenvalue weighted by Crippen LogP contribution is 2.47. The van der Waals surface area contributed by atoms with Crippen molar-refractivity contribution in [1.29, 1.82) is 0 Å². The second kappa shape index (κ2) is 5.74. The summed E-state index contributed by atoms with van der Waals surface area (Å²) in [7, 11) is 0. The van der Waals surface area contributed by atoms with Crippen LogP contribution in [0, 0.1) is 0 Å². The predicted octanol–water partition coefficient (Wildman–Crippen LogP) is 2.74. The van der Waals surface area contributed by atoms with Gasteiger partial charge in [0.2, 0.25) is 0 Å². The van der Waals surface area contributed by atoms with Gasteiger partial charge in [-0.05, 0) is 6.92 Å². The molecule has 118 valence electrons. The van der Waals surface area contributed by atoms with Crippen LogP contribution in [0.3, 0.4) is 0 Å². The molecule has 1 rings (SSSR count). The Kier molecular flexibility index (Phi) is 4.87. The molecule has 0 spiro atoms. The molecule has 1 heterocycles. The molecule has 0 aromatic carbocycles. The standard InChI is InChI=1S/C9H10F6O5/c1-7(9(13,14)15)19-5(10)8(12,20-7)18-4-2-3-17-6(11)16/h5H,2-4H2,1H3. The highest BCUT2D eigenvalue weighted by Gasteiger charge is 2.69. The number of carbonyl (C=O) groups is 1. The summed E-state index contributed by atoms with van der Waals surface area (Å²) in [5.74, 6) is -3.49. The van der Waals surface area contributed by atoms with E-state index in [0.29, 0.717) is 0 Å². The molecule has 1 fully saturated rings. The summed E-state index contributed by atoms with van der Waals surface area (Å²) < 4.78 is 91.4. The van der Waals surface area contributed by atoms with Crippen molar-refractivity contribution in [2.24, 2.45) is 0 Å². The Bertz CT molecular complexity index is 363. The number of hydrogen-bond donors (Lipinski definition) is 0. The maximum Gasteiger partial charge on any atom is 0.495 e. The minimum absolute atomic E-state index is 0.287. The molecule has 0 bridgehead atoms. The van der Waals surface area contributed by atoms with Crippen LogP contribution < -0.4 is 0 Å². The van der Waals surface area contributed by atoms with E-state index >= 15 is 0 Å². The van der Waals surface area contributed by atoms with Gasteiger partial charge in [-0.1, -0.05) is 0 Å². The molecule has 0 aromatic rings. The molecule has 0 radical (unpaired) electrons. The lowest BCUT2D eigenvalue weighted by Crippen LogP contribution is -2.45. The summed E-state index contributed by atoms with van der Waals surface area (Å²) in [5, 5.41) is 0. The summed E-state index contributed by atoms with van der Waals surface area (Å²) >= 11 is 0. The summed E-state index contributed by atoms with van der Waals surface area (Å²) in [4.78, 5) is 9.74. The smallest absolute Gasteiger partial charge is 0.440 e. The van der Waals surface area contributed by atoms with Crippen LogP contribution in [-0.4, -0.2) is 43.8 Å². The van der Waals surface area contributed by atoms with Crippen molar-refractivity contribution in [3.63, 3.8) is 0 Å². The molecule has 0 aliphatic carbocycles. The second-order valence-corrected chi connectivity index (χ2v) is 3.85. The average Bonchev–Trinajstić information content (AvgIpc) is 2.49. The fraction of sp³-hybridized carbons (Fsp3) is 0.889. The largest absolute Gasteiger partial charge is 0.495 e. The lowest BCUT2D eigenvalue weighted by molar-refractivity contribution is -0.391. The van der Waals surface area contributed by atoms with Crippen LogP contribution in [0.5, 0.6) is 0 Å². The first-order chi connectivity index (χ1) is 9.00. The zero-order chi connectivity index (χ0) is 15.6. The fourth-order valence-electron chi connectivity index (χ4n) is 1.25. The first-order valence-corrected chi connectivity index (χ1v) is 5.24. The summed E-state index contributed by atoms with van der Waals surface area (Å²) in [5.41, 5.74) is 0. The molecule has 11 heteroatoms. The van der Waals surface area contributed by atoms with Crippen molar-refractivity contribution in [1.82, 2.24) is 0 Å². The monoisotopic (exact) mass is 312 g/mol. The van der Waals surface area contributed by atoms with Gasteiger partial charge in [0, 0.05) is 6.42 Å². The van der Waals surface area contributed by atoms with E-state index in [1.54, 1.807) is 0 Å². The highest BCUT2D eigenvalue weighted by atomic mass is 19.4. The summed E-state index contributed by atoms with van der Waals surface area (Å²) in [6, 6.07) is -3.76. The Labute approximate surface area is 108 Å². The van der Waals surface area contributed by atoms with E-state index in [-0.39, 0.29) is 13.3 Å². The topological polar surface area (TPSA) is 54.0 Å². The number of rotatable bonds is 5. The fourth-order valence-corrected chi connectivity index (χ4v) is 1.25. The van der Waals surface area contributed by atoms with E-state index in [1.807, 2.05) is 0 Å². The first kappa shape index (κ1) is 17.0. The molecule has 1 aliphatic heterocycles. The molecule has 20 heavy (non-hydrogen) atoms. The number of hydrogen-bond acceptors (Lipinski definition) is 5. The van der Waals surface area contributed by atoms with Crippen LogP contribution >= 0.6 is 0 Å². The van der Waals surface area contributed by atoms with Crippen LogP contribution in [0.2, 0.25) is 0 Å². The lowest BCUT2D eigenvalue weighted by atomic mass is 10.3. The van der Waals surface area contributed by atoms with Crippen molar-refractivity contribution in [3.8, 4) is 0 Å². The molecule has 1 saturated heterocycles. The zero-order valence-electron chi connectivity index (χ0n) is 10.0. The Hall–Kier alpha value is -1.07. The van der Waals surface area contributed by atoms with Gasteiger partial charge < -0.3 is 14.2 Å². The zero-order valence-corrected chi connectivity index (χ0v) is 10.0. The normalized spacial score (nSPS) is 34.2. The van der Waals surface area contributed by atoms with Crippen molar-refractivity contribution in [3.05, 3.63) is 0 Å². The molecule has 5 nitrogen and oxygen atoms in total. The van der Waals surface area contributed by atoms with Crippen LogP contribution in [0.15, 0.2) is 0 Å². The van der Waals surface area contributed by atoms with Gasteiger partial charge in [-0.2, -0.15) is 17.6 Å². The number of halogens is 6. The van der Waals surface area contributed by atoms with Gasteiger partial charge in [0.25, 0.3) is 12.1 Å². The maximum atomic E-state index is 13.7. The quantitative estimate of drug-likeness (QED) is 0.444. The minimum Gasteiger partial charge on any atom is -0.440 e. The van der Waals surface area contributed by atoms with Gasteiger partial charge in [-0.15, -0.1) is 4.39 Å². The number of carbonyl (C=O) groups excluding carboxylic acids is 1. The van der Waals surface area contributed by atoms with Gasteiger partial charge in [0.1, 0.15) is 0 Å². The minimum atomic E-state index is -5.18. The molecule has 0 amide bonds. The van der Waals surface area contributed by atoms with E-state index in [4.69, 9.17) is 0 Å². The average molecular weight is 312 g/mol. The Balaban J connectivity index is 2.51. The molecule has 0 N–H and O–H groups in total. The Morgan fingerprint density at radius 2 is 1.95 bits per heavy atom. The number of ether oxygens (including phenoxy) is 4. The summed E-state index contributed by atoms with van der Waals surface area (Å²) in [6.45, 7) is -0.934. The van der Waals surface area contributed by atoms with E-state index in [1.165, 1.54) is 0 Å². The van der Waals surface area contributed by atoms with E-state index in [0.717, 1.165) is 0 Å². The first-order valence-electron chi connectivity index (χ1n) is 5.24. The third-order valence-electron chi connectivity index (χ3n) is 2.25. The van der Waals surface area contributed by atoms with Gasteiger partial charge >= 0.3 is 18.4 Å². The molecule has 1 aliphatic rings. The van der Waals surface area contributed by atoms with Gasteiger partial charge in [-0.3, -0.25) is 4.74 Å². The molecule has 3 atom stereocenters. The van der Waals surface area contributed by atoms with Crippen molar-refractivity contribution in [2.75, 3.05) is 13.2 Å². The predicted molar refractivity (Wildman–Crippen MR) is 48.4 cm³/mol. The van der Waals surface area contributed by atoms with Gasteiger partial charge in [0.05, 0.1) is 13.2 Å². The van der Waals surface area contributed by atoms with Crippen LogP contribution in [-0.2, 0) is 18.9 Å². The molecule has 3 unspecified atom stereocenters. The third kappa shape index (κ3) is 3.73. The SMILES string of the molecule is CC1(C(F)(F)F)OC(F)C(F)(OCCCOC(=O)F)O1. The van der Waals surface area contributed by atoms with Crippen molar-refractivity contribution < 1.29 is 50.1 Å². The summed E-state index contributed by atoms with van der Waals surface area (Å²) in [6.07, 6.45) is -10.7. The van der Waals surface area contributed by atoms with E-state index in [2.05, 4.69) is 18.9 Å². The molecular formula is C9H10F6O5. The Morgan fingerprint density at radius 1 is 1.35 bits per heavy atom. The van der Waals surface area contributed by atoms with Crippen LogP contribution in [0.4, 0.5) is 31.1 Å². The van der Waals surface area contributed by atoms with E-state index in [9.17, 15) is 31.1 Å². The van der Waals surface area contributed by atoms with Crippen molar-refractivity contribution >= 4 is 6.22 Å². The van der Waals surface area contributed by atoms with Gasteiger partial charge in [-0.25, -0.2) is 9.18 Å². The van der Waals surface area contributed by atoms with Crippen molar-refractivity contribution in [2.45, 2.75) is 37.7 Å².